The van der Waals surface area contributed by atoms with Crippen LogP contribution in [0.5, 0.6) is 0 Å². The van der Waals surface area contributed by atoms with Gasteiger partial charge in [-0.15, -0.1) is 0 Å². The van der Waals surface area contributed by atoms with Crippen LogP contribution in [0.3, 0.4) is 0 Å². The number of quaternary nitrogens is 1. The van der Waals surface area contributed by atoms with E-state index >= 15 is 0 Å². The summed E-state index contributed by atoms with van der Waals surface area (Å²) >= 11 is 0. The van der Waals surface area contributed by atoms with Crippen molar-refractivity contribution in [3.8, 4) is 0 Å². The third-order valence-corrected chi connectivity index (χ3v) is 6.03. The van der Waals surface area contributed by atoms with Crippen LogP contribution in [0.4, 0.5) is 0 Å². The van der Waals surface area contributed by atoms with Gasteiger partial charge in [0.15, 0.2) is 0 Å². The molecule has 2 unspecified atom stereocenters. The molecule has 0 N–H and O–H groups in total. The van der Waals surface area contributed by atoms with Crippen LogP contribution in [-0.2, 0) is 32.7 Å². The minimum Gasteiger partial charge on any atom is -0.328 e. The Bertz CT molecular complexity index is 343. The average molecular weight is 475 g/mol. The fourth-order valence-corrected chi connectivity index (χ4v) is 4.29. The molecule has 2 nitrogen and oxygen atoms in total. The van der Waals surface area contributed by atoms with Gasteiger partial charge in [-0.1, -0.05) is 68.2 Å². The van der Waals surface area contributed by atoms with Crippen LogP contribution >= 0.6 is 0 Å². The molecule has 2 rings (SSSR count). The summed E-state index contributed by atoms with van der Waals surface area (Å²) in [5.74, 6) is 0. The summed E-state index contributed by atoms with van der Waals surface area (Å²) < 4.78 is 1.23. The zero-order valence-corrected chi connectivity index (χ0v) is 24.8. The summed E-state index contributed by atoms with van der Waals surface area (Å²) in [6.45, 7) is 23.3. The van der Waals surface area contributed by atoms with Gasteiger partial charge in [-0.05, 0) is 57.5 Å². The first-order valence-electron chi connectivity index (χ1n) is 12.0. The van der Waals surface area contributed by atoms with Crippen LogP contribution in [0, 0.1) is 10.8 Å². The zero-order valence-electron chi connectivity index (χ0n) is 22.0. The molecule has 2 aliphatic rings. The maximum absolute atomic E-state index is 2.45. The van der Waals surface area contributed by atoms with Gasteiger partial charge in [-0.2, -0.15) is 0 Å². The van der Waals surface area contributed by atoms with Gasteiger partial charge < -0.3 is 9.38 Å². The first kappa shape index (κ1) is 33.7. The summed E-state index contributed by atoms with van der Waals surface area (Å²) in [6.07, 6.45) is 10.8. The van der Waals surface area contributed by atoms with E-state index in [-0.39, 0.29) is 32.7 Å². The molecule has 3 heteroatoms. The Morgan fingerprint density at radius 2 is 1.21 bits per heavy atom. The van der Waals surface area contributed by atoms with Crippen molar-refractivity contribution in [2.24, 2.45) is 10.8 Å². The molecule has 0 aliphatic carbocycles. The molecule has 2 heterocycles. The molecule has 2 atom stereocenters. The van der Waals surface area contributed by atoms with Crippen LogP contribution in [-0.4, -0.2) is 56.7 Å². The van der Waals surface area contributed by atoms with Crippen LogP contribution < -0.4 is 0 Å². The second kappa shape index (κ2) is 17.7. The van der Waals surface area contributed by atoms with Crippen molar-refractivity contribution >= 4 is 0 Å². The van der Waals surface area contributed by atoms with E-state index in [0.717, 1.165) is 0 Å². The van der Waals surface area contributed by atoms with Crippen molar-refractivity contribution in [1.29, 1.82) is 0 Å². The molecule has 2 aliphatic heterocycles. The monoisotopic (exact) mass is 474 g/mol. The third-order valence-electron chi connectivity index (χ3n) is 6.03. The number of piperidine rings is 2. The van der Waals surface area contributed by atoms with Crippen LogP contribution in [0.15, 0.2) is 0 Å². The Hall–Kier alpha value is 1.02. The van der Waals surface area contributed by atoms with Crippen LogP contribution in [0.2, 0.25) is 0 Å². The topological polar surface area (TPSA) is 3.24 Å². The molecule has 0 saturated carbocycles. The van der Waals surface area contributed by atoms with E-state index in [1.165, 1.54) is 82.0 Å². The van der Waals surface area contributed by atoms with Gasteiger partial charge in [0.05, 0.1) is 27.2 Å². The first-order chi connectivity index (χ1) is 12.5. The SMILES string of the molecule is CCC.CCC.CCC1(C)CCCN(C)C1.CCC1(C)CCC[N+](C)(C)C1.[Y]. The smallest absolute Gasteiger partial charge is 0.0836 e. The van der Waals surface area contributed by atoms with Gasteiger partial charge in [0.1, 0.15) is 0 Å². The molecular formula is C25H57N2Y+. The molecule has 2 fully saturated rings. The number of rotatable bonds is 2. The largest absolute Gasteiger partial charge is 0.328 e. The second-order valence-corrected chi connectivity index (χ2v) is 10.5. The zero-order chi connectivity index (χ0) is 21.6. The van der Waals surface area contributed by atoms with E-state index in [2.05, 4.69) is 81.4 Å². The van der Waals surface area contributed by atoms with Gasteiger partial charge in [0.2, 0.25) is 0 Å². The van der Waals surface area contributed by atoms with E-state index in [1.54, 1.807) is 0 Å². The summed E-state index contributed by atoms with van der Waals surface area (Å²) in [5, 5.41) is 0. The maximum atomic E-state index is 2.45. The van der Waals surface area contributed by atoms with Gasteiger partial charge >= 0.3 is 0 Å². The Morgan fingerprint density at radius 1 is 0.786 bits per heavy atom. The first-order valence-corrected chi connectivity index (χ1v) is 12.0. The molecule has 1 radical (unpaired) electrons. The molecule has 2 saturated heterocycles. The second-order valence-electron chi connectivity index (χ2n) is 10.5. The van der Waals surface area contributed by atoms with Gasteiger partial charge in [0.25, 0.3) is 0 Å². The standard InChI is InChI=1S/C10H22N.C9H19N.2C3H8.Y/c1-5-10(2)7-6-8-11(3,4)9-10;1-4-9(2)6-5-7-10(3)8-9;2*1-3-2;/h5-9H2,1-4H3;4-8H2,1-3H3;2*3H2,1-2H3;/q+1;;;;. The van der Waals surface area contributed by atoms with E-state index < -0.39 is 0 Å². The van der Waals surface area contributed by atoms with Crippen molar-refractivity contribution in [1.82, 2.24) is 4.90 Å². The Morgan fingerprint density at radius 3 is 1.50 bits per heavy atom. The number of hydrogen-bond acceptors (Lipinski definition) is 1. The number of hydrogen-bond donors (Lipinski definition) is 0. The predicted octanol–water partition coefficient (Wildman–Crippen LogP) is 7.23. The Balaban J connectivity index is -0.000000341. The Labute approximate surface area is 206 Å². The molecule has 0 bridgehead atoms. The molecule has 28 heavy (non-hydrogen) atoms. The molecule has 169 valence electrons. The van der Waals surface area contributed by atoms with Crippen molar-refractivity contribution in [2.45, 2.75) is 107 Å². The fourth-order valence-electron chi connectivity index (χ4n) is 4.29. The van der Waals surface area contributed by atoms with Crippen molar-refractivity contribution in [3.05, 3.63) is 0 Å². The quantitative estimate of drug-likeness (QED) is 0.382. The molecule has 0 aromatic carbocycles. The third kappa shape index (κ3) is 16.8. The summed E-state index contributed by atoms with van der Waals surface area (Å²) in [5.41, 5.74) is 1.24. The molecule has 0 aromatic heterocycles. The van der Waals surface area contributed by atoms with Crippen molar-refractivity contribution < 1.29 is 37.2 Å². The summed E-state index contributed by atoms with van der Waals surface area (Å²) in [6, 6.07) is 0. The van der Waals surface area contributed by atoms with Gasteiger partial charge in [-0.3, -0.25) is 0 Å². The molecule has 0 spiro atoms. The van der Waals surface area contributed by atoms with E-state index in [0.29, 0.717) is 10.8 Å². The molecular weight excluding hydrogens is 417 g/mol. The van der Waals surface area contributed by atoms with E-state index in [9.17, 15) is 0 Å². The number of likely N-dealkylation sites (tertiary alicyclic amines) is 2. The van der Waals surface area contributed by atoms with E-state index in [4.69, 9.17) is 0 Å². The van der Waals surface area contributed by atoms with Crippen LogP contribution in [0.1, 0.15) is 107 Å². The number of nitrogens with zero attached hydrogens (tertiary/aromatic N) is 2. The van der Waals surface area contributed by atoms with Crippen molar-refractivity contribution in [3.63, 3.8) is 0 Å². The van der Waals surface area contributed by atoms with Crippen molar-refractivity contribution in [2.75, 3.05) is 47.3 Å². The van der Waals surface area contributed by atoms with Crippen LogP contribution in [0.25, 0.3) is 0 Å². The summed E-state index contributed by atoms with van der Waals surface area (Å²) in [4.78, 5) is 2.45. The fraction of sp³-hybridized carbons (Fsp3) is 1.00. The average Bonchev–Trinajstić information content (AvgIpc) is 2.56. The van der Waals surface area contributed by atoms with Gasteiger partial charge in [-0.25, -0.2) is 0 Å². The normalized spacial score (nSPS) is 28.8. The molecule has 0 aromatic rings. The van der Waals surface area contributed by atoms with Gasteiger partial charge in [0, 0.05) is 44.7 Å². The minimum absolute atomic E-state index is 0. The predicted molar refractivity (Wildman–Crippen MR) is 127 cm³/mol. The maximum Gasteiger partial charge on any atom is 0.0836 e. The minimum atomic E-state index is 0. The molecule has 0 amide bonds. The Kier molecular flexibility index (Phi) is 21.3. The van der Waals surface area contributed by atoms with E-state index in [1.807, 2.05) is 0 Å². The summed E-state index contributed by atoms with van der Waals surface area (Å²) in [7, 11) is 6.94.